The number of para-hydroxylation sites is 2. The van der Waals surface area contributed by atoms with Crippen molar-refractivity contribution in [3.8, 4) is 11.5 Å². The standard InChI is InChI=1S/C20H19FN2O4/c1-13-16(12-26-18-6-4-3-5-17(18)25-2)19(23-27-13)20(24)22-11-14-7-9-15(21)10-8-14/h3-10H,11-12H2,1-2H3,(H,22,24). The number of ether oxygens (including phenoxy) is 2. The van der Waals surface area contributed by atoms with E-state index in [-0.39, 0.29) is 24.7 Å². The molecule has 27 heavy (non-hydrogen) atoms. The summed E-state index contributed by atoms with van der Waals surface area (Å²) in [6, 6.07) is 13.1. The van der Waals surface area contributed by atoms with E-state index in [4.69, 9.17) is 14.0 Å². The summed E-state index contributed by atoms with van der Waals surface area (Å²) in [5.74, 6) is 0.923. The highest BCUT2D eigenvalue weighted by Gasteiger charge is 2.20. The van der Waals surface area contributed by atoms with Crippen molar-refractivity contribution >= 4 is 5.91 Å². The van der Waals surface area contributed by atoms with Crippen molar-refractivity contribution in [3.05, 3.63) is 76.9 Å². The summed E-state index contributed by atoms with van der Waals surface area (Å²) in [5.41, 5.74) is 1.49. The minimum Gasteiger partial charge on any atom is -0.493 e. The van der Waals surface area contributed by atoms with Gasteiger partial charge < -0.3 is 19.3 Å². The third-order valence-corrected chi connectivity index (χ3v) is 4.01. The van der Waals surface area contributed by atoms with Gasteiger partial charge in [-0.05, 0) is 36.8 Å². The van der Waals surface area contributed by atoms with Crippen molar-refractivity contribution in [3.63, 3.8) is 0 Å². The molecule has 3 rings (SSSR count). The first-order valence-corrected chi connectivity index (χ1v) is 8.32. The first kappa shape index (κ1) is 18.4. The van der Waals surface area contributed by atoms with Crippen LogP contribution < -0.4 is 14.8 Å². The number of amides is 1. The number of hydrogen-bond donors (Lipinski definition) is 1. The fraction of sp³-hybridized carbons (Fsp3) is 0.200. The molecule has 1 amide bonds. The Labute approximate surface area is 155 Å². The first-order valence-electron chi connectivity index (χ1n) is 8.32. The summed E-state index contributed by atoms with van der Waals surface area (Å²) in [7, 11) is 1.56. The maximum absolute atomic E-state index is 13.0. The predicted molar refractivity (Wildman–Crippen MR) is 96.1 cm³/mol. The molecule has 0 aliphatic carbocycles. The molecule has 1 heterocycles. The molecule has 0 fully saturated rings. The molecule has 0 radical (unpaired) electrons. The number of nitrogens with one attached hydrogen (secondary N) is 1. The Morgan fingerprint density at radius 1 is 1.15 bits per heavy atom. The maximum Gasteiger partial charge on any atom is 0.274 e. The summed E-state index contributed by atoms with van der Waals surface area (Å²) in [6.07, 6.45) is 0. The van der Waals surface area contributed by atoms with E-state index in [2.05, 4.69) is 10.5 Å². The highest BCUT2D eigenvalue weighted by Crippen LogP contribution is 2.27. The molecule has 1 N–H and O–H groups in total. The van der Waals surface area contributed by atoms with Crippen LogP contribution in [0.2, 0.25) is 0 Å². The van der Waals surface area contributed by atoms with Crippen molar-refractivity contribution in [1.82, 2.24) is 10.5 Å². The number of benzene rings is 2. The minimum absolute atomic E-state index is 0.106. The fourth-order valence-corrected chi connectivity index (χ4v) is 2.50. The van der Waals surface area contributed by atoms with E-state index in [0.29, 0.717) is 22.8 Å². The van der Waals surface area contributed by atoms with Gasteiger partial charge in [0.15, 0.2) is 17.2 Å². The van der Waals surface area contributed by atoms with E-state index in [1.165, 1.54) is 12.1 Å². The highest BCUT2D eigenvalue weighted by atomic mass is 19.1. The van der Waals surface area contributed by atoms with Gasteiger partial charge >= 0.3 is 0 Å². The first-order chi connectivity index (χ1) is 13.1. The van der Waals surface area contributed by atoms with Crippen LogP contribution in [0, 0.1) is 12.7 Å². The third kappa shape index (κ3) is 4.44. The second-order valence-electron chi connectivity index (χ2n) is 5.81. The van der Waals surface area contributed by atoms with Gasteiger partial charge in [0.05, 0.1) is 12.7 Å². The zero-order chi connectivity index (χ0) is 19.2. The fourth-order valence-electron chi connectivity index (χ4n) is 2.50. The Hall–Kier alpha value is -3.35. The van der Waals surface area contributed by atoms with Crippen LogP contribution in [0.4, 0.5) is 4.39 Å². The number of carbonyl (C=O) groups is 1. The number of carbonyl (C=O) groups excluding carboxylic acids is 1. The maximum atomic E-state index is 13.0. The van der Waals surface area contributed by atoms with Gasteiger partial charge in [-0.1, -0.05) is 29.4 Å². The lowest BCUT2D eigenvalue weighted by atomic mass is 10.2. The number of halogens is 1. The van der Waals surface area contributed by atoms with E-state index in [1.807, 2.05) is 12.1 Å². The number of nitrogens with zero attached hydrogens (tertiary/aromatic N) is 1. The molecule has 0 saturated carbocycles. The SMILES string of the molecule is COc1ccccc1OCc1c(C(=O)NCc2ccc(F)cc2)noc1C. The minimum atomic E-state index is -0.394. The van der Waals surface area contributed by atoms with Crippen LogP contribution in [-0.4, -0.2) is 18.2 Å². The van der Waals surface area contributed by atoms with Crippen molar-refractivity contribution in [2.24, 2.45) is 0 Å². The van der Waals surface area contributed by atoms with Gasteiger partial charge in [-0.25, -0.2) is 4.39 Å². The van der Waals surface area contributed by atoms with Crippen LogP contribution >= 0.6 is 0 Å². The van der Waals surface area contributed by atoms with Gasteiger partial charge in [-0.2, -0.15) is 0 Å². The summed E-state index contributed by atoms with van der Waals surface area (Å²) < 4.78 is 29.1. The van der Waals surface area contributed by atoms with Gasteiger partial charge in [0.25, 0.3) is 5.91 Å². The summed E-state index contributed by atoms with van der Waals surface area (Å²) in [4.78, 5) is 12.5. The molecule has 0 bridgehead atoms. The van der Waals surface area contributed by atoms with E-state index >= 15 is 0 Å². The third-order valence-electron chi connectivity index (χ3n) is 4.01. The number of rotatable bonds is 7. The van der Waals surface area contributed by atoms with Crippen LogP contribution in [0.5, 0.6) is 11.5 Å². The molecule has 0 atom stereocenters. The van der Waals surface area contributed by atoms with Crippen molar-refractivity contribution in [2.75, 3.05) is 7.11 Å². The number of aryl methyl sites for hydroxylation is 1. The molecular weight excluding hydrogens is 351 g/mol. The van der Waals surface area contributed by atoms with Gasteiger partial charge in [-0.15, -0.1) is 0 Å². The van der Waals surface area contributed by atoms with Crippen molar-refractivity contribution in [1.29, 1.82) is 0 Å². The second-order valence-corrected chi connectivity index (χ2v) is 5.81. The van der Waals surface area contributed by atoms with Crippen LogP contribution in [0.25, 0.3) is 0 Å². The van der Waals surface area contributed by atoms with E-state index < -0.39 is 5.91 Å². The zero-order valence-corrected chi connectivity index (χ0v) is 15.0. The number of methoxy groups -OCH3 is 1. The molecule has 140 valence electrons. The largest absolute Gasteiger partial charge is 0.493 e. The molecule has 6 nitrogen and oxygen atoms in total. The molecule has 0 aliphatic rings. The molecule has 0 saturated heterocycles. The van der Waals surface area contributed by atoms with Crippen LogP contribution in [0.15, 0.2) is 53.1 Å². The lowest BCUT2D eigenvalue weighted by Gasteiger charge is -2.10. The lowest BCUT2D eigenvalue weighted by Crippen LogP contribution is -2.24. The molecule has 3 aromatic rings. The number of hydrogen-bond acceptors (Lipinski definition) is 5. The normalized spacial score (nSPS) is 10.5. The second kappa shape index (κ2) is 8.35. The summed E-state index contributed by atoms with van der Waals surface area (Å²) >= 11 is 0. The topological polar surface area (TPSA) is 73.6 Å². The van der Waals surface area contributed by atoms with E-state index in [0.717, 1.165) is 5.56 Å². The van der Waals surface area contributed by atoms with E-state index in [9.17, 15) is 9.18 Å². The van der Waals surface area contributed by atoms with Gasteiger partial charge in [0, 0.05) is 6.54 Å². The van der Waals surface area contributed by atoms with Crippen LogP contribution in [-0.2, 0) is 13.2 Å². The average Bonchev–Trinajstić information content (AvgIpc) is 3.06. The highest BCUT2D eigenvalue weighted by molar-refractivity contribution is 5.93. The van der Waals surface area contributed by atoms with Gasteiger partial charge in [0.2, 0.25) is 0 Å². The Balaban J connectivity index is 1.68. The van der Waals surface area contributed by atoms with E-state index in [1.54, 1.807) is 38.3 Å². The molecule has 0 spiro atoms. The van der Waals surface area contributed by atoms with Crippen LogP contribution in [0.1, 0.15) is 27.4 Å². The smallest absolute Gasteiger partial charge is 0.274 e. The Bertz CT molecular complexity index is 922. The molecule has 7 heteroatoms. The molecule has 1 aromatic heterocycles. The Kier molecular flexibility index (Phi) is 5.71. The summed E-state index contributed by atoms with van der Waals surface area (Å²) in [5, 5.41) is 6.58. The lowest BCUT2D eigenvalue weighted by molar-refractivity contribution is 0.0939. The molecule has 0 aliphatic heterocycles. The predicted octanol–water partition coefficient (Wildman–Crippen LogP) is 3.64. The Morgan fingerprint density at radius 2 is 1.85 bits per heavy atom. The quantitative estimate of drug-likeness (QED) is 0.687. The van der Waals surface area contributed by atoms with Crippen molar-refractivity contribution < 1.29 is 23.2 Å². The molecule has 2 aromatic carbocycles. The van der Waals surface area contributed by atoms with Gasteiger partial charge in [0.1, 0.15) is 18.2 Å². The molecular formula is C20H19FN2O4. The van der Waals surface area contributed by atoms with Crippen molar-refractivity contribution in [2.45, 2.75) is 20.1 Å². The van der Waals surface area contributed by atoms with Crippen LogP contribution in [0.3, 0.4) is 0 Å². The van der Waals surface area contributed by atoms with Gasteiger partial charge in [-0.3, -0.25) is 4.79 Å². The zero-order valence-electron chi connectivity index (χ0n) is 15.0. The Morgan fingerprint density at radius 3 is 2.56 bits per heavy atom. The summed E-state index contributed by atoms with van der Waals surface area (Å²) in [6.45, 7) is 2.07. The monoisotopic (exact) mass is 370 g/mol. The average molecular weight is 370 g/mol. The number of aromatic nitrogens is 1. The molecule has 0 unspecified atom stereocenters.